The lowest BCUT2D eigenvalue weighted by molar-refractivity contribution is -0.394. The Morgan fingerprint density at radius 1 is 0.941 bits per heavy atom. The van der Waals surface area contributed by atoms with Crippen LogP contribution in [-0.2, 0) is 9.59 Å². The Labute approximate surface area is 196 Å². The van der Waals surface area contributed by atoms with E-state index >= 15 is 0 Å². The molecule has 2 N–H and O–H groups in total. The van der Waals surface area contributed by atoms with Crippen LogP contribution in [0.5, 0.6) is 11.5 Å². The third-order valence-corrected chi connectivity index (χ3v) is 4.50. The average Bonchev–Trinajstić information content (AvgIpc) is 2.81. The first-order valence-corrected chi connectivity index (χ1v) is 9.72. The van der Waals surface area contributed by atoms with Crippen molar-refractivity contribution in [2.75, 3.05) is 5.32 Å². The zero-order chi connectivity index (χ0) is 24.7. The minimum Gasteiger partial charge on any atom is -0.450 e. The van der Waals surface area contributed by atoms with Gasteiger partial charge in [-0.2, -0.15) is 5.10 Å². The van der Waals surface area contributed by atoms with Crippen molar-refractivity contribution in [3.63, 3.8) is 0 Å². The van der Waals surface area contributed by atoms with Crippen molar-refractivity contribution in [2.45, 2.75) is 0 Å². The molecule has 0 unspecified atom stereocenters. The number of hydrogen-bond donors (Lipinski definition) is 2. The summed E-state index contributed by atoms with van der Waals surface area (Å²) in [5.74, 6) is -1.92. The van der Waals surface area contributed by atoms with Gasteiger partial charge in [0, 0.05) is 6.07 Å². The second-order valence-corrected chi connectivity index (χ2v) is 6.88. The van der Waals surface area contributed by atoms with Crippen molar-refractivity contribution < 1.29 is 24.2 Å². The zero-order valence-corrected chi connectivity index (χ0v) is 17.8. The molecular weight excluding hydrogens is 470 g/mol. The fourth-order valence-corrected chi connectivity index (χ4v) is 2.74. The van der Waals surface area contributed by atoms with Crippen molar-refractivity contribution in [3.05, 3.63) is 97.5 Å². The molecule has 13 heteroatoms. The van der Waals surface area contributed by atoms with Crippen LogP contribution in [0.3, 0.4) is 0 Å². The van der Waals surface area contributed by atoms with Crippen LogP contribution in [0.25, 0.3) is 0 Å². The van der Waals surface area contributed by atoms with Gasteiger partial charge in [-0.15, -0.1) is 0 Å². The van der Waals surface area contributed by atoms with Gasteiger partial charge in [-0.25, -0.2) is 5.43 Å². The number of carbonyl (C=O) groups excluding carboxylic acids is 2. The van der Waals surface area contributed by atoms with E-state index in [0.29, 0.717) is 5.56 Å². The Hall–Kier alpha value is -4.84. The molecule has 34 heavy (non-hydrogen) atoms. The molecule has 0 bridgehead atoms. The number of hydrogen-bond acceptors (Lipinski definition) is 8. The van der Waals surface area contributed by atoms with Crippen molar-refractivity contribution in [1.82, 2.24) is 5.43 Å². The molecule has 0 aliphatic carbocycles. The van der Waals surface area contributed by atoms with Gasteiger partial charge < -0.3 is 10.1 Å². The van der Waals surface area contributed by atoms with Crippen molar-refractivity contribution in [3.8, 4) is 11.5 Å². The normalized spacial score (nSPS) is 10.5. The summed E-state index contributed by atoms with van der Waals surface area (Å²) >= 11 is 5.92. The highest BCUT2D eigenvalue weighted by atomic mass is 35.5. The lowest BCUT2D eigenvalue weighted by Gasteiger charge is -2.06. The van der Waals surface area contributed by atoms with Gasteiger partial charge >= 0.3 is 17.5 Å². The number of para-hydroxylation sites is 1. The number of nitro groups is 2. The fourth-order valence-electron chi connectivity index (χ4n) is 2.56. The van der Waals surface area contributed by atoms with E-state index in [0.717, 1.165) is 18.2 Å². The van der Waals surface area contributed by atoms with E-state index in [1.165, 1.54) is 36.5 Å². The number of nitrogens with one attached hydrogen (secondary N) is 2. The first-order valence-electron chi connectivity index (χ1n) is 9.34. The molecule has 2 amide bonds. The molecule has 0 atom stereocenters. The number of hydrazone groups is 1. The van der Waals surface area contributed by atoms with Crippen molar-refractivity contribution >= 4 is 46.7 Å². The number of carbonyl (C=O) groups is 2. The standard InChI is InChI=1S/C21H14ClN5O7/c22-16-3-1-2-4-17(16)24-20(28)21(29)25-23-12-13-5-8-15(9-6-13)34-19-10-7-14(26(30)31)11-18(19)27(32)33/h1-12H,(H,24,28)(H,25,29)/b23-12+. The van der Waals surface area contributed by atoms with Crippen LogP contribution < -0.4 is 15.5 Å². The predicted molar refractivity (Wildman–Crippen MR) is 122 cm³/mol. The topological polar surface area (TPSA) is 166 Å². The minimum absolute atomic E-state index is 0.172. The van der Waals surface area contributed by atoms with Gasteiger partial charge in [-0.3, -0.25) is 29.8 Å². The largest absolute Gasteiger partial charge is 0.450 e. The highest BCUT2D eigenvalue weighted by molar-refractivity contribution is 6.41. The number of anilines is 1. The van der Waals surface area contributed by atoms with E-state index in [1.54, 1.807) is 18.2 Å². The lowest BCUT2D eigenvalue weighted by Crippen LogP contribution is -2.32. The summed E-state index contributed by atoms with van der Waals surface area (Å²) in [6, 6.07) is 15.4. The lowest BCUT2D eigenvalue weighted by atomic mass is 10.2. The molecule has 0 aliphatic heterocycles. The van der Waals surface area contributed by atoms with E-state index in [1.807, 2.05) is 0 Å². The molecule has 0 radical (unpaired) electrons. The van der Waals surface area contributed by atoms with Crippen LogP contribution in [0.2, 0.25) is 5.02 Å². The first kappa shape index (κ1) is 23.8. The third kappa shape index (κ3) is 6.11. The Morgan fingerprint density at radius 2 is 1.65 bits per heavy atom. The van der Waals surface area contributed by atoms with Crippen LogP contribution in [-0.4, -0.2) is 27.9 Å². The summed E-state index contributed by atoms with van der Waals surface area (Å²) in [5.41, 5.74) is 1.87. The van der Waals surface area contributed by atoms with Crippen molar-refractivity contribution in [1.29, 1.82) is 0 Å². The number of nitrogens with zero attached hydrogens (tertiary/aromatic N) is 3. The molecule has 0 aliphatic rings. The number of non-ortho nitro benzene ring substituents is 1. The summed E-state index contributed by atoms with van der Waals surface area (Å²) in [6.45, 7) is 0. The van der Waals surface area contributed by atoms with E-state index in [4.69, 9.17) is 16.3 Å². The Balaban J connectivity index is 1.60. The van der Waals surface area contributed by atoms with E-state index < -0.39 is 33.0 Å². The van der Waals surface area contributed by atoms with Gasteiger partial charge in [0.05, 0.1) is 32.8 Å². The van der Waals surface area contributed by atoms with Gasteiger partial charge in [0.25, 0.3) is 5.69 Å². The maximum absolute atomic E-state index is 11.9. The monoisotopic (exact) mass is 483 g/mol. The van der Waals surface area contributed by atoms with Gasteiger partial charge in [-0.1, -0.05) is 23.7 Å². The highest BCUT2D eigenvalue weighted by Gasteiger charge is 2.21. The fraction of sp³-hybridized carbons (Fsp3) is 0. The number of halogens is 1. The third-order valence-electron chi connectivity index (χ3n) is 4.17. The van der Waals surface area contributed by atoms with E-state index in [9.17, 15) is 29.8 Å². The molecule has 12 nitrogen and oxygen atoms in total. The van der Waals surface area contributed by atoms with Crippen LogP contribution in [0, 0.1) is 20.2 Å². The molecule has 172 valence electrons. The van der Waals surface area contributed by atoms with Crippen LogP contribution in [0.1, 0.15) is 5.56 Å². The first-order chi connectivity index (χ1) is 16.2. The Kier molecular flexibility index (Phi) is 7.46. The van der Waals surface area contributed by atoms with E-state index in [-0.39, 0.29) is 22.2 Å². The number of amides is 2. The molecule has 3 aromatic rings. The maximum atomic E-state index is 11.9. The van der Waals surface area contributed by atoms with Crippen LogP contribution in [0.4, 0.5) is 17.1 Å². The molecule has 0 fully saturated rings. The zero-order valence-electron chi connectivity index (χ0n) is 17.0. The minimum atomic E-state index is -1.01. The second kappa shape index (κ2) is 10.7. The molecule has 0 saturated carbocycles. The van der Waals surface area contributed by atoms with E-state index in [2.05, 4.69) is 15.8 Å². The average molecular weight is 484 g/mol. The highest BCUT2D eigenvalue weighted by Crippen LogP contribution is 2.34. The summed E-state index contributed by atoms with van der Waals surface area (Å²) in [5, 5.41) is 28.3. The molecule has 0 aromatic heterocycles. The quantitative estimate of drug-likeness (QED) is 0.221. The van der Waals surface area contributed by atoms with Crippen LogP contribution >= 0.6 is 11.6 Å². The number of rotatable bonds is 7. The summed E-state index contributed by atoms with van der Waals surface area (Å²) in [4.78, 5) is 44.3. The Morgan fingerprint density at radius 3 is 2.29 bits per heavy atom. The summed E-state index contributed by atoms with van der Waals surface area (Å²) in [7, 11) is 0. The number of ether oxygens (including phenoxy) is 1. The second-order valence-electron chi connectivity index (χ2n) is 6.47. The van der Waals surface area contributed by atoms with Crippen LogP contribution in [0.15, 0.2) is 71.8 Å². The predicted octanol–water partition coefficient (Wildman–Crippen LogP) is 4.04. The number of benzene rings is 3. The SMILES string of the molecule is O=C(N/N=C/c1ccc(Oc2ccc([N+](=O)[O-])cc2[N+](=O)[O-])cc1)C(=O)Nc1ccccc1Cl. The summed E-state index contributed by atoms with van der Waals surface area (Å²) < 4.78 is 5.46. The molecule has 3 aromatic carbocycles. The van der Waals surface area contributed by atoms with Gasteiger partial charge in [0.15, 0.2) is 0 Å². The van der Waals surface area contributed by atoms with Gasteiger partial charge in [0.1, 0.15) is 5.75 Å². The summed E-state index contributed by atoms with van der Waals surface area (Å²) in [6.07, 6.45) is 1.26. The van der Waals surface area contributed by atoms with Gasteiger partial charge in [-0.05, 0) is 48.0 Å². The Bertz CT molecular complexity index is 1290. The molecule has 0 saturated heterocycles. The van der Waals surface area contributed by atoms with Gasteiger partial charge in [0.2, 0.25) is 5.75 Å². The van der Waals surface area contributed by atoms with Crippen molar-refractivity contribution in [2.24, 2.45) is 5.10 Å². The number of nitro benzene ring substituents is 2. The molecule has 0 spiro atoms. The smallest absolute Gasteiger partial charge is 0.329 e. The molecule has 0 heterocycles. The molecular formula is C21H14ClN5O7. The maximum Gasteiger partial charge on any atom is 0.329 e. The molecule has 3 rings (SSSR count).